The first-order valence-corrected chi connectivity index (χ1v) is 20.3. The van der Waals surface area contributed by atoms with Crippen LogP contribution in [0.3, 0.4) is 0 Å². The standard InChI is InChI=1S/C43H68O11/c1-22(2)37-28(53-40(8,9)54-37)19-23(3)26-15-18-42(11)27(26)13-14-30-41(10)17-16-32(50-25(5)45)39(6,7)31(41)20-33(43(30,42)12)52-38-36(48)35(47)34(46)29(51-38)21-49-24(4)44/h13,23,26,28-38,46-48H,1,14-21H2,2-12H3/t23-,26-,28+,29+,30+,31-,32+,33+,34+,35-,36+,37+,38-,41+,42+,43-/m0/s1. The molecule has 0 amide bonds. The topological polar surface area (TPSA) is 150 Å². The predicted molar refractivity (Wildman–Crippen MR) is 201 cm³/mol. The molecule has 4 aliphatic carbocycles. The molecule has 0 aromatic rings. The Morgan fingerprint density at radius 3 is 2.20 bits per heavy atom. The molecule has 0 radical (unpaired) electrons. The van der Waals surface area contributed by atoms with Gasteiger partial charge in [-0.25, -0.2) is 0 Å². The van der Waals surface area contributed by atoms with Crippen LogP contribution in [0.4, 0.5) is 0 Å². The third-order valence-electron chi connectivity index (χ3n) is 15.5. The van der Waals surface area contributed by atoms with Gasteiger partial charge in [-0.15, -0.1) is 0 Å². The minimum Gasteiger partial charge on any atom is -0.463 e. The van der Waals surface area contributed by atoms with Gasteiger partial charge in [0, 0.05) is 24.7 Å². The first kappa shape index (κ1) is 41.8. The van der Waals surface area contributed by atoms with Gasteiger partial charge in [0.1, 0.15) is 43.2 Å². The van der Waals surface area contributed by atoms with Gasteiger partial charge in [0.2, 0.25) is 0 Å². The molecule has 11 nitrogen and oxygen atoms in total. The quantitative estimate of drug-likeness (QED) is 0.144. The molecular formula is C43H68O11. The van der Waals surface area contributed by atoms with Gasteiger partial charge >= 0.3 is 11.9 Å². The molecular weight excluding hydrogens is 692 g/mol. The van der Waals surface area contributed by atoms with Crippen LogP contribution in [-0.2, 0) is 38.0 Å². The lowest BCUT2D eigenvalue weighted by atomic mass is 9.36. The summed E-state index contributed by atoms with van der Waals surface area (Å²) in [6.45, 7) is 26.6. The highest BCUT2D eigenvalue weighted by molar-refractivity contribution is 5.66. The lowest BCUT2D eigenvalue weighted by molar-refractivity contribution is -0.343. The molecule has 2 saturated heterocycles. The number of ether oxygens (including phenoxy) is 6. The molecule has 0 bridgehead atoms. The molecule has 54 heavy (non-hydrogen) atoms. The predicted octanol–water partition coefficient (Wildman–Crippen LogP) is 6.01. The first-order chi connectivity index (χ1) is 25.0. The monoisotopic (exact) mass is 760 g/mol. The number of hydrogen-bond donors (Lipinski definition) is 3. The second-order valence-corrected chi connectivity index (χ2v) is 19.6. The summed E-state index contributed by atoms with van der Waals surface area (Å²) in [5.41, 5.74) is 1.24. The molecule has 2 heterocycles. The van der Waals surface area contributed by atoms with E-state index in [1.807, 2.05) is 20.8 Å². The molecule has 0 spiro atoms. The summed E-state index contributed by atoms with van der Waals surface area (Å²) >= 11 is 0. The zero-order valence-corrected chi connectivity index (χ0v) is 34.6. The highest BCUT2D eigenvalue weighted by Gasteiger charge is 2.71. The van der Waals surface area contributed by atoms with E-state index in [4.69, 9.17) is 28.4 Å². The Kier molecular flexibility index (Phi) is 11.2. The smallest absolute Gasteiger partial charge is 0.302 e. The van der Waals surface area contributed by atoms with Crippen LogP contribution in [0.2, 0.25) is 0 Å². The Hall–Kier alpha value is -1.86. The van der Waals surface area contributed by atoms with E-state index in [0.29, 0.717) is 18.3 Å². The molecule has 3 N–H and O–H groups in total. The van der Waals surface area contributed by atoms with Gasteiger partial charge in [0.15, 0.2) is 12.1 Å². The van der Waals surface area contributed by atoms with Crippen LogP contribution in [0.5, 0.6) is 0 Å². The molecule has 3 saturated carbocycles. The summed E-state index contributed by atoms with van der Waals surface area (Å²) in [7, 11) is 0. The summed E-state index contributed by atoms with van der Waals surface area (Å²) in [6, 6.07) is 0. The van der Waals surface area contributed by atoms with Crippen molar-refractivity contribution in [2.45, 2.75) is 182 Å². The van der Waals surface area contributed by atoms with E-state index in [1.54, 1.807) is 0 Å². The highest BCUT2D eigenvalue weighted by atomic mass is 16.8. The fourth-order valence-electron chi connectivity index (χ4n) is 12.7. The van der Waals surface area contributed by atoms with Crippen LogP contribution >= 0.6 is 0 Å². The maximum absolute atomic E-state index is 12.3. The Bertz CT molecular complexity index is 1490. The summed E-state index contributed by atoms with van der Waals surface area (Å²) in [5.74, 6) is -0.580. The van der Waals surface area contributed by atoms with Gasteiger partial charge in [-0.05, 0) is 106 Å². The van der Waals surface area contributed by atoms with Crippen molar-refractivity contribution >= 4 is 11.9 Å². The van der Waals surface area contributed by atoms with Crippen molar-refractivity contribution in [2.75, 3.05) is 6.61 Å². The summed E-state index contributed by atoms with van der Waals surface area (Å²) in [5, 5.41) is 33.2. The molecule has 5 fully saturated rings. The fourth-order valence-corrected chi connectivity index (χ4v) is 12.7. The van der Waals surface area contributed by atoms with E-state index in [2.05, 4.69) is 54.2 Å². The van der Waals surface area contributed by atoms with Crippen LogP contribution in [0, 0.1) is 45.3 Å². The number of esters is 2. The minimum absolute atomic E-state index is 0.0846. The largest absolute Gasteiger partial charge is 0.463 e. The zero-order valence-electron chi connectivity index (χ0n) is 34.6. The normalized spacial score (nSPS) is 47.0. The van der Waals surface area contributed by atoms with E-state index in [1.165, 1.54) is 19.4 Å². The van der Waals surface area contributed by atoms with E-state index in [0.717, 1.165) is 44.1 Å². The van der Waals surface area contributed by atoms with Gasteiger partial charge in [0.25, 0.3) is 0 Å². The van der Waals surface area contributed by atoms with Crippen molar-refractivity contribution in [3.63, 3.8) is 0 Å². The molecule has 11 heteroatoms. The number of fused-ring (bicyclic) bond motifs is 5. The number of aliphatic hydroxyl groups is 3. The van der Waals surface area contributed by atoms with E-state index in [9.17, 15) is 24.9 Å². The molecule has 2 aliphatic heterocycles. The molecule has 0 aromatic carbocycles. The first-order valence-electron chi connectivity index (χ1n) is 20.3. The maximum Gasteiger partial charge on any atom is 0.302 e. The number of rotatable bonds is 9. The summed E-state index contributed by atoms with van der Waals surface area (Å²) in [6.07, 6.45) is 0.671. The van der Waals surface area contributed by atoms with Crippen LogP contribution in [0.25, 0.3) is 0 Å². The number of aliphatic hydroxyl groups excluding tert-OH is 3. The van der Waals surface area contributed by atoms with Crippen molar-refractivity contribution in [2.24, 2.45) is 45.3 Å². The molecule has 0 unspecified atom stereocenters. The fraction of sp³-hybridized carbons (Fsp3) is 0.860. The van der Waals surface area contributed by atoms with Crippen molar-refractivity contribution in [3.05, 3.63) is 23.8 Å². The van der Waals surface area contributed by atoms with Crippen molar-refractivity contribution in [1.82, 2.24) is 0 Å². The SMILES string of the molecule is C=C(C)[C@H]1OC(C)(C)O[C@@H]1C[C@H](C)[C@@H]1CC[C@]2(C)C1=CC[C@@H]1[C@@]3(C)CC[C@@H](OC(C)=O)C(C)(C)[C@@H]3C[C@@H](O[C@@H]3O[C@H](COC(C)=O)[C@@H](O)[C@H](O)[C@H]3O)[C@]12C. The van der Waals surface area contributed by atoms with Gasteiger partial charge < -0.3 is 43.7 Å². The lowest BCUT2D eigenvalue weighted by Gasteiger charge is -2.70. The number of carbonyl (C=O) groups is 2. The van der Waals surface area contributed by atoms with Crippen LogP contribution < -0.4 is 0 Å². The lowest BCUT2D eigenvalue weighted by Crippen LogP contribution is -2.69. The van der Waals surface area contributed by atoms with Crippen molar-refractivity contribution in [1.29, 1.82) is 0 Å². The van der Waals surface area contributed by atoms with Crippen LogP contribution in [-0.4, -0.2) is 94.8 Å². The van der Waals surface area contributed by atoms with Crippen molar-refractivity contribution in [3.8, 4) is 0 Å². The minimum atomic E-state index is -1.56. The van der Waals surface area contributed by atoms with Gasteiger partial charge in [-0.3, -0.25) is 9.59 Å². The van der Waals surface area contributed by atoms with Gasteiger partial charge in [0.05, 0.1) is 12.2 Å². The van der Waals surface area contributed by atoms with E-state index < -0.39 is 54.0 Å². The Morgan fingerprint density at radius 2 is 1.57 bits per heavy atom. The molecule has 6 aliphatic rings. The average molecular weight is 761 g/mol. The molecule has 6 rings (SSSR count). The number of allylic oxidation sites excluding steroid dienone is 2. The van der Waals surface area contributed by atoms with Gasteiger partial charge in [-0.1, -0.05) is 59.8 Å². The summed E-state index contributed by atoms with van der Waals surface area (Å²) in [4.78, 5) is 24.0. The van der Waals surface area contributed by atoms with E-state index in [-0.39, 0.29) is 59.0 Å². The molecule has 16 atom stereocenters. The summed E-state index contributed by atoms with van der Waals surface area (Å²) < 4.78 is 37.1. The second-order valence-electron chi connectivity index (χ2n) is 19.6. The second kappa shape index (κ2) is 14.5. The van der Waals surface area contributed by atoms with Crippen LogP contribution in [0.1, 0.15) is 121 Å². The Balaban J connectivity index is 1.37. The number of hydrogen-bond acceptors (Lipinski definition) is 11. The van der Waals surface area contributed by atoms with Crippen LogP contribution in [0.15, 0.2) is 23.8 Å². The Labute approximate surface area is 322 Å². The van der Waals surface area contributed by atoms with Crippen molar-refractivity contribution < 1.29 is 53.3 Å². The maximum atomic E-state index is 12.3. The highest BCUT2D eigenvalue weighted by Crippen LogP contribution is 2.75. The number of carbonyl (C=O) groups excluding carboxylic acids is 2. The third kappa shape index (κ3) is 6.83. The average Bonchev–Trinajstić information content (AvgIpc) is 3.59. The Morgan fingerprint density at radius 1 is 0.889 bits per heavy atom. The molecule has 0 aromatic heterocycles. The zero-order chi connectivity index (χ0) is 39.9. The van der Waals surface area contributed by atoms with Gasteiger partial charge in [-0.2, -0.15) is 0 Å². The third-order valence-corrected chi connectivity index (χ3v) is 15.5. The molecule has 306 valence electrons. The van der Waals surface area contributed by atoms with E-state index >= 15 is 0 Å².